The van der Waals surface area contributed by atoms with E-state index in [9.17, 15) is 4.79 Å². The first-order chi connectivity index (χ1) is 7.86. The van der Waals surface area contributed by atoms with Crippen LogP contribution in [0.1, 0.15) is 28.9 Å². The molecule has 0 aliphatic heterocycles. The number of ketones is 1. The van der Waals surface area contributed by atoms with Crippen LogP contribution in [-0.4, -0.2) is 25.5 Å². The summed E-state index contributed by atoms with van der Waals surface area (Å²) in [5.74, 6) is 0.738. The zero-order chi connectivity index (χ0) is 11.0. The first-order valence-corrected chi connectivity index (χ1v) is 5.24. The van der Waals surface area contributed by atoms with Crippen LogP contribution < -0.4 is 0 Å². The van der Waals surface area contributed by atoms with Gasteiger partial charge in [0.1, 0.15) is 0 Å². The van der Waals surface area contributed by atoms with Gasteiger partial charge in [-0.2, -0.15) is 5.10 Å². The second kappa shape index (κ2) is 3.52. The standard InChI is InChI=1S/C11H10N4O/c16-10-3-1-2-9-8(10)4-7-15(9)11-12-5-6-13-14-11/h4-7H,1-3H2. The maximum atomic E-state index is 11.7. The van der Waals surface area contributed by atoms with E-state index in [4.69, 9.17) is 0 Å². The summed E-state index contributed by atoms with van der Waals surface area (Å²) in [7, 11) is 0. The molecule has 1 aliphatic carbocycles. The summed E-state index contributed by atoms with van der Waals surface area (Å²) in [5, 5.41) is 7.74. The van der Waals surface area contributed by atoms with E-state index in [-0.39, 0.29) is 5.78 Å². The highest BCUT2D eigenvalue weighted by molar-refractivity contribution is 5.98. The van der Waals surface area contributed by atoms with Crippen LogP contribution in [0.3, 0.4) is 0 Å². The van der Waals surface area contributed by atoms with Crippen molar-refractivity contribution >= 4 is 5.78 Å². The Morgan fingerprint density at radius 3 is 3.00 bits per heavy atom. The van der Waals surface area contributed by atoms with E-state index in [0.717, 1.165) is 24.1 Å². The van der Waals surface area contributed by atoms with Crippen molar-refractivity contribution in [3.63, 3.8) is 0 Å². The molecular formula is C11H10N4O. The van der Waals surface area contributed by atoms with Crippen LogP contribution in [0.5, 0.6) is 0 Å². The summed E-state index contributed by atoms with van der Waals surface area (Å²) in [5.41, 5.74) is 1.81. The fraction of sp³-hybridized carbons (Fsp3) is 0.273. The van der Waals surface area contributed by atoms with Gasteiger partial charge >= 0.3 is 0 Å². The van der Waals surface area contributed by atoms with E-state index in [1.165, 1.54) is 6.20 Å². The number of aromatic nitrogens is 4. The lowest BCUT2D eigenvalue weighted by Gasteiger charge is -2.13. The molecule has 3 rings (SSSR count). The average molecular weight is 214 g/mol. The molecule has 0 fully saturated rings. The minimum atomic E-state index is 0.212. The first-order valence-electron chi connectivity index (χ1n) is 5.24. The Labute approximate surface area is 92.2 Å². The quantitative estimate of drug-likeness (QED) is 0.715. The van der Waals surface area contributed by atoms with Gasteiger partial charge in [-0.15, -0.1) is 5.10 Å². The van der Waals surface area contributed by atoms with Crippen LogP contribution in [-0.2, 0) is 6.42 Å². The smallest absolute Gasteiger partial charge is 0.253 e. The van der Waals surface area contributed by atoms with Crippen molar-refractivity contribution in [2.75, 3.05) is 0 Å². The number of nitrogens with zero attached hydrogens (tertiary/aromatic N) is 4. The highest BCUT2D eigenvalue weighted by atomic mass is 16.1. The predicted molar refractivity (Wildman–Crippen MR) is 56.4 cm³/mol. The van der Waals surface area contributed by atoms with E-state index in [1.807, 2.05) is 16.8 Å². The first kappa shape index (κ1) is 9.21. The van der Waals surface area contributed by atoms with E-state index < -0.39 is 0 Å². The molecule has 16 heavy (non-hydrogen) atoms. The van der Waals surface area contributed by atoms with Crippen molar-refractivity contribution in [2.45, 2.75) is 19.3 Å². The summed E-state index contributed by atoms with van der Waals surface area (Å²) in [4.78, 5) is 15.8. The van der Waals surface area contributed by atoms with Crippen molar-refractivity contribution < 1.29 is 4.79 Å². The number of Topliss-reactive ketones (excluding diaryl/α,β-unsaturated/α-hetero) is 1. The highest BCUT2D eigenvalue weighted by Crippen LogP contribution is 2.23. The number of carbonyl (C=O) groups excluding carboxylic acids is 1. The van der Waals surface area contributed by atoms with Gasteiger partial charge in [-0.3, -0.25) is 9.36 Å². The van der Waals surface area contributed by atoms with Crippen molar-refractivity contribution in [2.24, 2.45) is 0 Å². The van der Waals surface area contributed by atoms with Gasteiger partial charge in [-0.25, -0.2) is 4.98 Å². The second-order valence-electron chi connectivity index (χ2n) is 3.77. The second-order valence-corrected chi connectivity index (χ2v) is 3.77. The Morgan fingerprint density at radius 1 is 1.25 bits per heavy atom. The van der Waals surface area contributed by atoms with Gasteiger partial charge in [-0.05, 0) is 18.9 Å². The molecule has 0 radical (unpaired) electrons. The zero-order valence-corrected chi connectivity index (χ0v) is 8.63. The number of rotatable bonds is 1. The van der Waals surface area contributed by atoms with Gasteiger partial charge in [0, 0.05) is 23.9 Å². The zero-order valence-electron chi connectivity index (χ0n) is 8.63. The molecule has 80 valence electrons. The molecule has 0 saturated carbocycles. The molecule has 2 aromatic heterocycles. The minimum absolute atomic E-state index is 0.212. The number of hydrogen-bond acceptors (Lipinski definition) is 4. The highest BCUT2D eigenvalue weighted by Gasteiger charge is 2.21. The fourth-order valence-corrected chi connectivity index (χ4v) is 2.06. The average Bonchev–Trinajstić information content (AvgIpc) is 2.75. The summed E-state index contributed by atoms with van der Waals surface area (Å²) in [6.45, 7) is 0. The van der Waals surface area contributed by atoms with Crippen molar-refractivity contribution in [3.8, 4) is 5.95 Å². The Morgan fingerprint density at radius 2 is 2.19 bits per heavy atom. The van der Waals surface area contributed by atoms with Crippen molar-refractivity contribution in [1.29, 1.82) is 0 Å². The summed E-state index contributed by atoms with van der Waals surface area (Å²) in [6, 6.07) is 1.84. The van der Waals surface area contributed by atoms with Gasteiger partial charge in [0.2, 0.25) is 0 Å². The van der Waals surface area contributed by atoms with Crippen LogP contribution in [0.4, 0.5) is 0 Å². The monoisotopic (exact) mass is 214 g/mol. The maximum Gasteiger partial charge on any atom is 0.253 e. The molecule has 0 N–H and O–H groups in total. The molecule has 0 unspecified atom stereocenters. The minimum Gasteiger partial charge on any atom is -0.294 e. The summed E-state index contributed by atoms with van der Waals surface area (Å²) in [6.07, 6.45) is 7.40. The van der Waals surface area contributed by atoms with Gasteiger partial charge in [-0.1, -0.05) is 0 Å². The number of hydrogen-bond donors (Lipinski definition) is 0. The van der Waals surface area contributed by atoms with Crippen LogP contribution in [0.2, 0.25) is 0 Å². The van der Waals surface area contributed by atoms with E-state index in [0.29, 0.717) is 12.4 Å². The molecule has 2 heterocycles. The lowest BCUT2D eigenvalue weighted by molar-refractivity contribution is 0.0972. The molecule has 2 aromatic rings. The summed E-state index contributed by atoms with van der Waals surface area (Å²) >= 11 is 0. The van der Waals surface area contributed by atoms with Gasteiger partial charge in [0.25, 0.3) is 5.95 Å². The number of fused-ring (bicyclic) bond motifs is 1. The lowest BCUT2D eigenvalue weighted by Crippen LogP contribution is -2.13. The van der Waals surface area contributed by atoms with Gasteiger partial charge < -0.3 is 0 Å². The van der Waals surface area contributed by atoms with Gasteiger partial charge in [0.15, 0.2) is 5.78 Å². The summed E-state index contributed by atoms with van der Waals surface area (Å²) < 4.78 is 1.85. The number of carbonyl (C=O) groups is 1. The third kappa shape index (κ3) is 1.32. The molecule has 0 saturated heterocycles. The molecule has 0 bridgehead atoms. The Kier molecular flexibility index (Phi) is 2.02. The van der Waals surface area contributed by atoms with E-state index in [1.54, 1.807) is 6.20 Å². The molecule has 1 aliphatic rings. The molecule has 5 nitrogen and oxygen atoms in total. The van der Waals surface area contributed by atoms with Crippen LogP contribution in [0.15, 0.2) is 24.7 Å². The molecule has 0 atom stereocenters. The molecule has 0 amide bonds. The molecule has 5 heteroatoms. The maximum absolute atomic E-state index is 11.7. The topological polar surface area (TPSA) is 60.7 Å². The van der Waals surface area contributed by atoms with Gasteiger partial charge in [0.05, 0.1) is 12.4 Å². The van der Waals surface area contributed by atoms with Crippen LogP contribution >= 0.6 is 0 Å². The third-order valence-electron chi connectivity index (χ3n) is 2.80. The van der Waals surface area contributed by atoms with Crippen molar-refractivity contribution in [3.05, 3.63) is 35.9 Å². The van der Waals surface area contributed by atoms with Crippen LogP contribution in [0.25, 0.3) is 5.95 Å². The Bertz CT molecular complexity index is 532. The fourth-order valence-electron chi connectivity index (χ4n) is 2.06. The Hall–Kier alpha value is -2.04. The third-order valence-corrected chi connectivity index (χ3v) is 2.80. The SMILES string of the molecule is O=C1CCCc2c1ccn2-c1nccnn1. The van der Waals surface area contributed by atoms with Crippen molar-refractivity contribution in [1.82, 2.24) is 19.7 Å². The Balaban J connectivity index is 2.13. The van der Waals surface area contributed by atoms with E-state index >= 15 is 0 Å². The largest absolute Gasteiger partial charge is 0.294 e. The normalized spacial score (nSPS) is 14.9. The van der Waals surface area contributed by atoms with Crippen LogP contribution in [0, 0.1) is 0 Å². The van der Waals surface area contributed by atoms with E-state index in [2.05, 4.69) is 15.2 Å². The molecular weight excluding hydrogens is 204 g/mol. The molecule has 0 spiro atoms. The predicted octanol–water partition coefficient (Wildman–Crippen LogP) is 1.18. The molecule has 0 aromatic carbocycles. The lowest BCUT2D eigenvalue weighted by atomic mass is 9.97.